The van der Waals surface area contributed by atoms with Crippen molar-refractivity contribution in [3.8, 4) is 0 Å². The van der Waals surface area contributed by atoms with E-state index >= 15 is 0 Å². The molecule has 0 atom stereocenters. The molecular formula is C14H17NO3S. The van der Waals surface area contributed by atoms with Gasteiger partial charge < -0.3 is 9.73 Å². The molecule has 0 spiro atoms. The molecular weight excluding hydrogens is 262 g/mol. The second kappa shape index (κ2) is 5.09. The van der Waals surface area contributed by atoms with Crippen LogP contribution in [0, 0.1) is 13.8 Å². The Kier molecular flexibility index (Phi) is 3.66. The number of aryl methyl sites for hydroxylation is 2. The van der Waals surface area contributed by atoms with Gasteiger partial charge in [-0.3, -0.25) is 0 Å². The summed E-state index contributed by atoms with van der Waals surface area (Å²) in [5, 5.41) is 3.21. The van der Waals surface area contributed by atoms with Crippen LogP contribution in [0.3, 0.4) is 0 Å². The van der Waals surface area contributed by atoms with Crippen LogP contribution >= 0.6 is 0 Å². The number of anilines is 1. The van der Waals surface area contributed by atoms with Crippen LogP contribution in [0.15, 0.2) is 39.8 Å². The molecule has 19 heavy (non-hydrogen) atoms. The van der Waals surface area contributed by atoms with E-state index in [-0.39, 0.29) is 0 Å². The Balaban J connectivity index is 2.23. The fourth-order valence-corrected chi connectivity index (χ4v) is 2.43. The molecule has 1 N–H and O–H groups in total. The molecule has 2 aromatic rings. The molecule has 0 radical (unpaired) electrons. The lowest BCUT2D eigenvalue weighted by atomic mass is 10.2. The van der Waals surface area contributed by atoms with Crippen LogP contribution in [0.2, 0.25) is 0 Å². The Morgan fingerprint density at radius 2 is 1.89 bits per heavy atom. The van der Waals surface area contributed by atoms with E-state index in [1.807, 2.05) is 19.9 Å². The van der Waals surface area contributed by atoms with E-state index < -0.39 is 9.84 Å². The summed E-state index contributed by atoms with van der Waals surface area (Å²) in [5.74, 6) is 0.851. The predicted octanol–water partition coefficient (Wildman–Crippen LogP) is 2.91. The van der Waals surface area contributed by atoms with Gasteiger partial charge in [-0.25, -0.2) is 8.42 Å². The quantitative estimate of drug-likeness (QED) is 0.935. The number of benzene rings is 1. The Morgan fingerprint density at radius 1 is 1.16 bits per heavy atom. The van der Waals surface area contributed by atoms with Crippen LogP contribution < -0.4 is 5.32 Å². The SMILES string of the molecule is Cc1ccc(S(C)(=O)=O)cc1NCc1occc1C. The van der Waals surface area contributed by atoms with E-state index in [0.717, 1.165) is 22.6 Å². The summed E-state index contributed by atoms with van der Waals surface area (Å²) in [5.41, 5.74) is 2.87. The average Bonchev–Trinajstić information content (AvgIpc) is 2.72. The number of hydrogen-bond acceptors (Lipinski definition) is 4. The molecule has 0 unspecified atom stereocenters. The van der Waals surface area contributed by atoms with E-state index in [1.165, 1.54) is 6.26 Å². The molecule has 0 saturated carbocycles. The van der Waals surface area contributed by atoms with E-state index in [0.29, 0.717) is 11.4 Å². The number of hydrogen-bond donors (Lipinski definition) is 1. The summed E-state index contributed by atoms with van der Waals surface area (Å²) in [6, 6.07) is 6.97. The van der Waals surface area contributed by atoms with Gasteiger partial charge in [-0.2, -0.15) is 0 Å². The van der Waals surface area contributed by atoms with Gasteiger partial charge in [-0.15, -0.1) is 0 Å². The van der Waals surface area contributed by atoms with Gasteiger partial charge in [0, 0.05) is 11.9 Å². The van der Waals surface area contributed by atoms with Crippen molar-refractivity contribution in [2.75, 3.05) is 11.6 Å². The first-order valence-electron chi connectivity index (χ1n) is 5.95. The van der Waals surface area contributed by atoms with Gasteiger partial charge in [-0.1, -0.05) is 6.07 Å². The van der Waals surface area contributed by atoms with Gasteiger partial charge >= 0.3 is 0 Å². The van der Waals surface area contributed by atoms with Gasteiger partial charge in [0.1, 0.15) is 5.76 Å². The first-order chi connectivity index (χ1) is 8.88. The van der Waals surface area contributed by atoms with Crippen molar-refractivity contribution in [1.29, 1.82) is 0 Å². The number of rotatable bonds is 4. The molecule has 0 bridgehead atoms. The summed E-state index contributed by atoms with van der Waals surface area (Å²) in [6.45, 7) is 4.44. The zero-order valence-corrected chi connectivity index (χ0v) is 12.0. The van der Waals surface area contributed by atoms with Gasteiger partial charge in [0.25, 0.3) is 0 Å². The monoisotopic (exact) mass is 279 g/mol. The van der Waals surface area contributed by atoms with Crippen molar-refractivity contribution in [2.24, 2.45) is 0 Å². The zero-order chi connectivity index (χ0) is 14.0. The Bertz CT molecular complexity index is 686. The summed E-state index contributed by atoms with van der Waals surface area (Å²) >= 11 is 0. The minimum absolute atomic E-state index is 0.316. The van der Waals surface area contributed by atoms with Crippen LogP contribution in [0.5, 0.6) is 0 Å². The first kappa shape index (κ1) is 13.7. The Hall–Kier alpha value is -1.75. The highest BCUT2D eigenvalue weighted by atomic mass is 32.2. The molecule has 0 fully saturated rings. The highest BCUT2D eigenvalue weighted by molar-refractivity contribution is 7.90. The van der Waals surface area contributed by atoms with Crippen molar-refractivity contribution in [3.05, 3.63) is 47.4 Å². The van der Waals surface area contributed by atoms with Crippen molar-refractivity contribution in [2.45, 2.75) is 25.3 Å². The maximum atomic E-state index is 11.5. The Morgan fingerprint density at radius 3 is 2.47 bits per heavy atom. The lowest BCUT2D eigenvalue weighted by Gasteiger charge is -2.10. The van der Waals surface area contributed by atoms with Gasteiger partial charge in [-0.05, 0) is 43.2 Å². The standard InChI is InChI=1S/C14H17NO3S/c1-10-4-5-12(19(3,16)17)8-13(10)15-9-14-11(2)6-7-18-14/h4-8,15H,9H2,1-3H3. The summed E-state index contributed by atoms with van der Waals surface area (Å²) in [7, 11) is -3.19. The third kappa shape index (κ3) is 3.17. The van der Waals surface area contributed by atoms with Crippen molar-refractivity contribution < 1.29 is 12.8 Å². The van der Waals surface area contributed by atoms with Crippen molar-refractivity contribution in [3.63, 3.8) is 0 Å². The summed E-state index contributed by atoms with van der Waals surface area (Å²) in [6.07, 6.45) is 2.85. The molecule has 4 nitrogen and oxygen atoms in total. The van der Waals surface area contributed by atoms with Crippen LogP contribution in [0.25, 0.3) is 0 Å². The molecule has 0 saturated heterocycles. The third-order valence-electron chi connectivity index (χ3n) is 3.04. The van der Waals surface area contributed by atoms with Crippen LogP contribution in [0.1, 0.15) is 16.9 Å². The number of sulfone groups is 1. The predicted molar refractivity (Wildman–Crippen MR) is 75.1 cm³/mol. The third-order valence-corrected chi connectivity index (χ3v) is 4.15. The lowest BCUT2D eigenvalue weighted by Crippen LogP contribution is -2.04. The maximum absolute atomic E-state index is 11.5. The van der Waals surface area contributed by atoms with Crippen LogP contribution in [-0.4, -0.2) is 14.7 Å². The molecule has 1 aromatic carbocycles. The molecule has 0 aliphatic heterocycles. The van der Waals surface area contributed by atoms with Gasteiger partial charge in [0.15, 0.2) is 9.84 Å². The molecule has 0 aliphatic rings. The molecule has 102 valence electrons. The van der Waals surface area contributed by atoms with Gasteiger partial charge in [0.2, 0.25) is 0 Å². The molecule has 0 aliphatic carbocycles. The molecule has 0 amide bonds. The number of nitrogens with one attached hydrogen (secondary N) is 1. The zero-order valence-electron chi connectivity index (χ0n) is 11.2. The van der Waals surface area contributed by atoms with E-state index in [9.17, 15) is 8.42 Å². The minimum Gasteiger partial charge on any atom is -0.467 e. The topological polar surface area (TPSA) is 59.3 Å². The lowest BCUT2D eigenvalue weighted by molar-refractivity contribution is 0.515. The molecule has 1 aromatic heterocycles. The molecule has 5 heteroatoms. The maximum Gasteiger partial charge on any atom is 0.175 e. The van der Waals surface area contributed by atoms with E-state index in [2.05, 4.69) is 5.32 Å². The average molecular weight is 279 g/mol. The smallest absolute Gasteiger partial charge is 0.175 e. The highest BCUT2D eigenvalue weighted by Crippen LogP contribution is 2.21. The fraction of sp³-hybridized carbons (Fsp3) is 0.286. The largest absolute Gasteiger partial charge is 0.467 e. The van der Waals surface area contributed by atoms with E-state index in [4.69, 9.17) is 4.42 Å². The first-order valence-corrected chi connectivity index (χ1v) is 7.84. The summed E-state index contributed by atoms with van der Waals surface area (Å²) < 4.78 is 28.4. The Labute approximate surface area is 113 Å². The van der Waals surface area contributed by atoms with Gasteiger partial charge in [0.05, 0.1) is 17.7 Å². The second-order valence-corrected chi connectivity index (χ2v) is 6.64. The second-order valence-electron chi connectivity index (χ2n) is 4.63. The number of furan rings is 1. The highest BCUT2D eigenvalue weighted by Gasteiger charge is 2.10. The summed E-state index contributed by atoms with van der Waals surface area (Å²) in [4.78, 5) is 0.316. The normalized spacial score (nSPS) is 11.5. The minimum atomic E-state index is -3.19. The van der Waals surface area contributed by atoms with Crippen LogP contribution in [-0.2, 0) is 16.4 Å². The van der Waals surface area contributed by atoms with Crippen LogP contribution in [0.4, 0.5) is 5.69 Å². The fourth-order valence-electron chi connectivity index (χ4n) is 1.78. The van der Waals surface area contributed by atoms with Crippen molar-refractivity contribution in [1.82, 2.24) is 0 Å². The van der Waals surface area contributed by atoms with E-state index in [1.54, 1.807) is 24.5 Å². The van der Waals surface area contributed by atoms with Crippen molar-refractivity contribution >= 4 is 15.5 Å². The molecule has 2 rings (SSSR count). The molecule has 1 heterocycles.